The third-order valence-corrected chi connectivity index (χ3v) is 4.15. The Bertz CT molecular complexity index is 946. The van der Waals surface area contributed by atoms with Gasteiger partial charge in [-0.15, -0.1) is 0 Å². The number of hydrogen-bond acceptors (Lipinski definition) is 6. The number of hydrogen-bond donors (Lipinski definition) is 4. The summed E-state index contributed by atoms with van der Waals surface area (Å²) < 4.78 is 0.930. The summed E-state index contributed by atoms with van der Waals surface area (Å²) in [6.07, 6.45) is 1.36. The molecule has 0 radical (unpaired) electrons. The summed E-state index contributed by atoms with van der Waals surface area (Å²) >= 11 is 3.41. The first-order valence-electron chi connectivity index (χ1n) is 7.79. The number of carbonyl (C=O) groups is 1. The van der Waals surface area contributed by atoms with Crippen LogP contribution in [0.15, 0.2) is 59.3 Å². The average Bonchev–Trinajstić information content (AvgIpc) is 2.62. The average molecular weight is 413 g/mol. The predicted octanol–water partition coefficient (Wildman–Crippen LogP) is 3.63. The van der Waals surface area contributed by atoms with E-state index < -0.39 is 0 Å². The van der Waals surface area contributed by atoms with E-state index in [-0.39, 0.29) is 11.6 Å². The molecular weight excluding hydrogens is 396 g/mol. The molecule has 0 aliphatic carbocycles. The number of aromatic nitrogens is 2. The highest BCUT2D eigenvalue weighted by Crippen LogP contribution is 2.26. The molecule has 26 heavy (non-hydrogen) atoms. The first-order chi connectivity index (χ1) is 12.5. The standard InChI is InChI=1S/C18H17BrN6O/c1-11-5-2-3-8-14(11)18(26)25-24-17-15(20)16(21-10-22-17)23-13-7-4-6-12(19)9-13/h2-10H,20H2,1H3,(H,25,26)(H2,21,22,23,24). The van der Waals surface area contributed by atoms with Crippen LogP contribution in [0, 0.1) is 6.92 Å². The number of aryl methyl sites for hydroxylation is 1. The van der Waals surface area contributed by atoms with Crippen LogP contribution >= 0.6 is 15.9 Å². The SMILES string of the molecule is Cc1ccccc1C(=O)NNc1ncnc(Nc2cccc(Br)c2)c1N. The van der Waals surface area contributed by atoms with Crippen molar-refractivity contribution in [3.05, 3.63) is 70.5 Å². The van der Waals surface area contributed by atoms with Gasteiger partial charge < -0.3 is 11.1 Å². The fraction of sp³-hybridized carbons (Fsp3) is 0.0556. The normalized spacial score (nSPS) is 10.2. The molecule has 0 fully saturated rings. The van der Waals surface area contributed by atoms with E-state index in [9.17, 15) is 4.79 Å². The van der Waals surface area contributed by atoms with Crippen LogP contribution in [0.2, 0.25) is 0 Å². The highest BCUT2D eigenvalue weighted by molar-refractivity contribution is 9.10. The summed E-state index contributed by atoms with van der Waals surface area (Å²) in [5.74, 6) is 0.466. The molecular formula is C18H17BrN6O. The van der Waals surface area contributed by atoms with E-state index in [4.69, 9.17) is 5.73 Å². The molecule has 0 bridgehead atoms. The quantitative estimate of drug-likeness (QED) is 0.476. The van der Waals surface area contributed by atoms with Gasteiger partial charge >= 0.3 is 0 Å². The predicted molar refractivity (Wildman–Crippen MR) is 106 cm³/mol. The lowest BCUT2D eigenvalue weighted by Gasteiger charge is -2.14. The molecule has 0 aliphatic rings. The molecule has 1 heterocycles. The van der Waals surface area contributed by atoms with Crippen LogP contribution in [0.1, 0.15) is 15.9 Å². The zero-order valence-electron chi connectivity index (χ0n) is 14.0. The summed E-state index contributed by atoms with van der Waals surface area (Å²) in [7, 11) is 0. The van der Waals surface area contributed by atoms with E-state index in [1.165, 1.54) is 6.33 Å². The van der Waals surface area contributed by atoms with Gasteiger partial charge in [-0.3, -0.25) is 15.6 Å². The Hall–Kier alpha value is -3.13. The van der Waals surface area contributed by atoms with E-state index in [1.54, 1.807) is 12.1 Å². The van der Waals surface area contributed by atoms with E-state index in [2.05, 4.69) is 42.1 Å². The molecule has 0 saturated heterocycles. The number of nitrogens with zero attached hydrogens (tertiary/aromatic N) is 2. The molecule has 0 atom stereocenters. The molecule has 3 aromatic rings. The van der Waals surface area contributed by atoms with E-state index >= 15 is 0 Å². The zero-order chi connectivity index (χ0) is 18.5. The van der Waals surface area contributed by atoms with Gasteiger partial charge in [-0.25, -0.2) is 9.97 Å². The van der Waals surface area contributed by atoms with Crippen LogP contribution in [-0.4, -0.2) is 15.9 Å². The number of anilines is 4. The molecule has 5 N–H and O–H groups in total. The second-order valence-corrected chi connectivity index (χ2v) is 6.43. The molecule has 0 spiro atoms. The van der Waals surface area contributed by atoms with Crippen LogP contribution in [-0.2, 0) is 0 Å². The van der Waals surface area contributed by atoms with Gasteiger partial charge in [0.1, 0.15) is 12.0 Å². The fourth-order valence-corrected chi connectivity index (χ4v) is 2.71. The largest absolute Gasteiger partial charge is 0.393 e. The number of nitrogens with one attached hydrogen (secondary N) is 3. The number of amides is 1. The molecule has 0 aliphatic heterocycles. The maximum Gasteiger partial charge on any atom is 0.269 e. The number of rotatable bonds is 5. The Morgan fingerprint density at radius 3 is 2.62 bits per heavy atom. The highest BCUT2D eigenvalue weighted by atomic mass is 79.9. The molecule has 2 aromatic carbocycles. The molecule has 0 unspecified atom stereocenters. The van der Waals surface area contributed by atoms with Crippen molar-refractivity contribution in [1.29, 1.82) is 0 Å². The fourth-order valence-electron chi connectivity index (χ4n) is 2.31. The second-order valence-electron chi connectivity index (χ2n) is 5.51. The zero-order valence-corrected chi connectivity index (χ0v) is 15.5. The monoisotopic (exact) mass is 412 g/mol. The topological polar surface area (TPSA) is 105 Å². The van der Waals surface area contributed by atoms with Gasteiger partial charge in [-0.2, -0.15) is 0 Å². The molecule has 0 saturated carbocycles. The lowest BCUT2D eigenvalue weighted by atomic mass is 10.1. The molecule has 7 nitrogen and oxygen atoms in total. The molecule has 132 valence electrons. The molecule has 8 heteroatoms. The van der Waals surface area contributed by atoms with Crippen molar-refractivity contribution in [3.63, 3.8) is 0 Å². The molecule has 3 rings (SSSR count). The first kappa shape index (κ1) is 17.7. The number of nitrogen functional groups attached to an aromatic ring is 1. The lowest BCUT2D eigenvalue weighted by Crippen LogP contribution is -2.30. The number of benzene rings is 2. The van der Waals surface area contributed by atoms with Gasteiger partial charge in [0.15, 0.2) is 11.6 Å². The van der Waals surface area contributed by atoms with Gasteiger partial charge in [0.25, 0.3) is 5.91 Å². The summed E-state index contributed by atoms with van der Waals surface area (Å²) in [6, 6.07) is 14.9. The summed E-state index contributed by atoms with van der Waals surface area (Å²) in [5, 5.41) is 3.12. The van der Waals surface area contributed by atoms with Crippen LogP contribution in [0.4, 0.5) is 23.0 Å². The Balaban J connectivity index is 1.73. The van der Waals surface area contributed by atoms with Gasteiger partial charge in [0.05, 0.1) is 0 Å². The maximum atomic E-state index is 12.3. The first-order valence-corrected chi connectivity index (χ1v) is 8.59. The van der Waals surface area contributed by atoms with E-state index in [0.717, 1.165) is 15.7 Å². The summed E-state index contributed by atoms with van der Waals surface area (Å²) in [6.45, 7) is 1.87. The van der Waals surface area contributed by atoms with E-state index in [1.807, 2.05) is 43.3 Å². The van der Waals surface area contributed by atoms with Gasteiger partial charge in [0.2, 0.25) is 0 Å². The lowest BCUT2D eigenvalue weighted by molar-refractivity contribution is 0.0962. The Kier molecular flexibility index (Phi) is 5.33. The van der Waals surface area contributed by atoms with Crippen molar-refractivity contribution >= 4 is 44.8 Å². The van der Waals surface area contributed by atoms with Gasteiger partial charge in [0, 0.05) is 15.7 Å². The number of carbonyl (C=O) groups excluding carboxylic acids is 1. The molecule has 1 aromatic heterocycles. The Labute approximate surface area is 159 Å². The minimum Gasteiger partial charge on any atom is -0.393 e. The van der Waals surface area contributed by atoms with Crippen molar-refractivity contribution < 1.29 is 4.79 Å². The highest BCUT2D eigenvalue weighted by Gasteiger charge is 2.11. The summed E-state index contributed by atoms with van der Waals surface area (Å²) in [5.41, 5.74) is 14.0. The van der Waals surface area contributed by atoms with E-state index in [0.29, 0.717) is 17.2 Å². The summed E-state index contributed by atoms with van der Waals surface area (Å²) in [4.78, 5) is 20.5. The number of halogens is 1. The van der Waals surface area contributed by atoms with Crippen LogP contribution in [0.3, 0.4) is 0 Å². The Morgan fingerprint density at radius 1 is 1.08 bits per heavy atom. The van der Waals surface area contributed by atoms with Crippen LogP contribution in [0.25, 0.3) is 0 Å². The number of hydrazine groups is 1. The minimum absolute atomic E-state index is 0.275. The van der Waals surface area contributed by atoms with Crippen molar-refractivity contribution in [2.75, 3.05) is 16.5 Å². The van der Waals surface area contributed by atoms with Crippen molar-refractivity contribution in [1.82, 2.24) is 15.4 Å². The molecule has 1 amide bonds. The minimum atomic E-state index is -0.275. The van der Waals surface area contributed by atoms with Crippen LogP contribution < -0.4 is 21.9 Å². The van der Waals surface area contributed by atoms with Crippen LogP contribution in [0.5, 0.6) is 0 Å². The third kappa shape index (κ3) is 4.09. The second kappa shape index (κ2) is 7.83. The maximum absolute atomic E-state index is 12.3. The number of nitrogens with two attached hydrogens (primary N) is 1. The Morgan fingerprint density at radius 2 is 1.85 bits per heavy atom. The smallest absolute Gasteiger partial charge is 0.269 e. The van der Waals surface area contributed by atoms with Crippen molar-refractivity contribution in [2.24, 2.45) is 0 Å². The van der Waals surface area contributed by atoms with Gasteiger partial charge in [-0.1, -0.05) is 40.2 Å². The van der Waals surface area contributed by atoms with Gasteiger partial charge in [-0.05, 0) is 36.8 Å². The van der Waals surface area contributed by atoms with Crippen molar-refractivity contribution in [2.45, 2.75) is 6.92 Å². The van der Waals surface area contributed by atoms with Crippen molar-refractivity contribution in [3.8, 4) is 0 Å². The third-order valence-electron chi connectivity index (χ3n) is 3.66.